The lowest BCUT2D eigenvalue weighted by atomic mass is 9.82. The van der Waals surface area contributed by atoms with Gasteiger partial charge in [0, 0.05) is 12.0 Å². The molecular weight excluding hydrogens is 304 g/mol. The number of aliphatic hydroxyl groups is 2. The van der Waals surface area contributed by atoms with Crippen molar-refractivity contribution in [1.82, 2.24) is 0 Å². The normalized spacial score (nSPS) is 38.8. The number of allylic oxidation sites excluding steroid dienone is 1. The lowest BCUT2D eigenvalue weighted by Crippen LogP contribution is -2.34. The number of carbonyl (C=O) groups is 1. The van der Waals surface area contributed by atoms with E-state index in [1.807, 2.05) is 26.8 Å². The summed E-state index contributed by atoms with van der Waals surface area (Å²) < 4.78 is 5.42. The largest absolute Gasteiger partial charge is 0.454 e. The van der Waals surface area contributed by atoms with Crippen LogP contribution >= 0.6 is 0 Å². The fraction of sp³-hybridized carbons (Fsp3) is 0.650. The van der Waals surface area contributed by atoms with Gasteiger partial charge < -0.3 is 14.9 Å². The highest BCUT2D eigenvalue weighted by Gasteiger charge is 2.32. The van der Waals surface area contributed by atoms with Crippen molar-refractivity contribution in [2.45, 2.75) is 77.1 Å². The van der Waals surface area contributed by atoms with Gasteiger partial charge in [-0.3, -0.25) is 0 Å². The third-order valence-corrected chi connectivity index (χ3v) is 5.10. The minimum absolute atomic E-state index is 0.0200. The van der Waals surface area contributed by atoms with Crippen LogP contribution in [0.3, 0.4) is 0 Å². The first-order valence-corrected chi connectivity index (χ1v) is 8.84. The van der Waals surface area contributed by atoms with Crippen molar-refractivity contribution >= 4 is 5.97 Å². The molecule has 0 aromatic carbocycles. The summed E-state index contributed by atoms with van der Waals surface area (Å²) in [5.41, 5.74) is -0.224. The van der Waals surface area contributed by atoms with Crippen molar-refractivity contribution in [3.05, 3.63) is 35.5 Å². The summed E-state index contributed by atoms with van der Waals surface area (Å²) in [6.07, 6.45) is 10.1. The average Bonchev–Trinajstić information content (AvgIpc) is 2.81. The smallest absolute Gasteiger partial charge is 0.334 e. The van der Waals surface area contributed by atoms with Gasteiger partial charge in [0.05, 0.1) is 11.2 Å². The maximum atomic E-state index is 12.0. The van der Waals surface area contributed by atoms with Gasteiger partial charge in [-0.25, -0.2) is 4.79 Å². The average molecular weight is 334 g/mol. The van der Waals surface area contributed by atoms with E-state index in [0.717, 1.165) is 12.0 Å². The minimum Gasteiger partial charge on any atom is -0.454 e. The van der Waals surface area contributed by atoms with Gasteiger partial charge >= 0.3 is 5.97 Å². The summed E-state index contributed by atoms with van der Waals surface area (Å²) in [6, 6.07) is 0. The third-order valence-electron chi connectivity index (χ3n) is 5.10. The van der Waals surface area contributed by atoms with Crippen LogP contribution in [-0.2, 0) is 9.53 Å². The van der Waals surface area contributed by atoms with E-state index >= 15 is 0 Å². The van der Waals surface area contributed by atoms with Crippen LogP contribution in [0.25, 0.3) is 0 Å². The Morgan fingerprint density at radius 1 is 1.25 bits per heavy atom. The molecule has 2 rings (SSSR count). The van der Waals surface area contributed by atoms with Crippen LogP contribution in [0.2, 0.25) is 0 Å². The highest BCUT2D eigenvalue weighted by atomic mass is 16.5. The van der Waals surface area contributed by atoms with E-state index in [2.05, 4.69) is 6.08 Å². The number of esters is 1. The number of ether oxygens (including phenoxy) is 1. The van der Waals surface area contributed by atoms with E-state index in [4.69, 9.17) is 4.74 Å². The van der Waals surface area contributed by atoms with Gasteiger partial charge in [-0.15, -0.1) is 0 Å². The van der Waals surface area contributed by atoms with E-state index in [1.165, 1.54) is 0 Å². The summed E-state index contributed by atoms with van der Waals surface area (Å²) in [7, 11) is 0. The zero-order valence-electron chi connectivity index (χ0n) is 15.2. The Kier molecular flexibility index (Phi) is 5.71. The quantitative estimate of drug-likeness (QED) is 0.569. The Bertz CT molecular complexity index is 568. The number of carbonyl (C=O) groups excluding carboxylic acids is 1. The van der Waals surface area contributed by atoms with E-state index in [9.17, 15) is 15.0 Å². The second-order valence-electron chi connectivity index (χ2n) is 7.77. The molecule has 0 radical (unpaired) electrons. The molecule has 134 valence electrons. The molecule has 0 amide bonds. The summed E-state index contributed by atoms with van der Waals surface area (Å²) in [5.74, 6) is -0.293. The second-order valence-corrected chi connectivity index (χ2v) is 7.77. The molecule has 3 atom stereocenters. The first kappa shape index (κ1) is 18.9. The fourth-order valence-corrected chi connectivity index (χ4v) is 3.14. The van der Waals surface area contributed by atoms with Crippen molar-refractivity contribution in [2.75, 3.05) is 0 Å². The predicted octanol–water partition coefficient (Wildman–Crippen LogP) is 3.44. The Morgan fingerprint density at radius 2 is 1.96 bits per heavy atom. The third kappa shape index (κ3) is 4.81. The SMILES string of the molecule is C/C1=C/CC[C@@](C)(O)/C=C\[C@@](O)(C(C)C)CCC2=C[C@@H](C1)OC2=O. The van der Waals surface area contributed by atoms with Crippen LogP contribution < -0.4 is 0 Å². The zero-order chi connectivity index (χ0) is 18.0. The molecule has 0 saturated heterocycles. The number of fused-ring (bicyclic) bond motifs is 1. The maximum absolute atomic E-state index is 12.0. The van der Waals surface area contributed by atoms with Gasteiger partial charge in [-0.1, -0.05) is 37.6 Å². The number of hydrogen-bond donors (Lipinski definition) is 2. The van der Waals surface area contributed by atoms with Gasteiger partial charge in [0.1, 0.15) is 6.10 Å². The first-order valence-electron chi connectivity index (χ1n) is 8.84. The number of rotatable bonds is 1. The topological polar surface area (TPSA) is 66.8 Å². The van der Waals surface area contributed by atoms with E-state index in [-0.39, 0.29) is 18.0 Å². The van der Waals surface area contributed by atoms with Crippen molar-refractivity contribution in [3.8, 4) is 0 Å². The van der Waals surface area contributed by atoms with Crippen molar-refractivity contribution in [1.29, 1.82) is 0 Å². The minimum atomic E-state index is -1.06. The maximum Gasteiger partial charge on any atom is 0.334 e. The van der Waals surface area contributed by atoms with Crippen LogP contribution in [0.4, 0.5) is 0 Å². The van der Waals surface area contributed by atoms with E-state index in [0.29, 0.717) is 31.3 Å². The molecule has 0 aromatic heterocycles. The van der Waals surface area contributed by atoms with Gasteiger partial charge in [-0.2, -0.15) is 0 Å². The monoisotopic (exact) mass is 334 g/mol. The van der Waals surface area contributed by atoms with E-state index < -0.39 is 11.2 Å². The Hall–Kier alpha value is -1.39. The van der Waals surface area contributed by atoms with Gasteiger partial charge in [0.25, 0.3) is 0 Å². The Morgan fingerprint density at radius 3 is 2.62 bits per heavy atom. The lowest BCUT2D eigenvalue weighted by Gasteiger charge is -2.30. The molecule has 24 heavy (non-hydrogen) atoms. The fourth-order valence-electron chi connectivity index (χ4n) is 3.14. The van der Waals surface area contributed by atoms with Crippen LogP contribution in [0.5, 0.6) is 0 Å². The van der Waals surface area contributed by atoms with Crippen LogP contribution in [0, 0.1) is 5.92 Å². The first-order chi connectivity index (χ1) is 11.1. The molecule has 2 bridgehead atoms. The van der Waals surface area contributed by atoms with Crippen molar-refractivity contribution in [2.24, 2.45) is 5.92 Å². The molecule has 1 aliphatic carbocycles. The molecule has 4 nitrogen and oxygen atoms in total. The van der Waals surface area contributed by atoms with Gasteiger partial charge in [0.2, 0.25) is 0 Å². The zero-order valence-corrected chi connectivity index (χ0v) is 15.2. The van der Waals surface area contributed by atoms with Gasteiger partial charge in [0.15, 0.2) is 0 Å². The lowest BCUT2D eigenvalue weighted by molar-refractivity contribution is -0.139. The molecular formula is C20H30O4. The van der Waals surface area contributed by atoms with Crippen molar-refractivity contribution < 1.29 is 19.7 Å². The molecule has 0 fully saturated rings. The summed E-state index contributed by atoms with van der Waals surface area (Å²) in [6.45, 7) is 7.67. The van der Waals surface area contributed by atoms with Gasteiger partial charge in [-0.05, 0) is 51.5 Å². The highest BCUT2D eigenvalue weighted by molar-refractivity contribution is 5.90. The summed E-state index contributed by atoms with van der Waals surface area (Å²) in [4.78, 5) is 12.0. The molecule has 0 spiro atoms. The number of hydrogen-bond acceptors (Lipinski definition) is 4. The molecule has 4 heteroatoms. The Labute approximate surface area is 144 Å². The molecule has 0 aromatic rings. The molecule has 0 saturated carbocycles. The molecule has 2 N–H and O–H groups in total. The van der Waals surface area contributed by atoms with Crippen LogP contribution in [-0.4, -0.2) is 33.5 Å². The summed E-state index contributed by atoms with van der Waals surface area (Å²) in [5, 5.41) is 21.5. The summed E-state index contributed by atoms with van der Waals surface area (Å²) >= 11 is 0. The molecule has 2 aliphatic rings. The van der Waals surface area contributed by atoms with Crippen LogP contribution in [0.1, 0.15) is 59.8 Å². The van der Waals surface area contributed by atoms with Crippen LogP contribution in [0.15, 0.2) is 35.5 Å². The Balaban J connectivity index is 2.30. The highest BCUT2D eigenvalue weighted by Crippen LogP contribution is 2.31. The standard InChI is InChI=1S/C20H30O4/c1-14(2)20(23)9-7-16-13-17(24-18(16)21)12-15(3)6-5-8-19(4,22)10-11-20/h6,10-11,13-14,17,22-23H,5,7-9,12H2,1-4H3/b11-10-,15-6-/t17-,19-,20-/m1/s1. The van der Waals surface area contributed by atoms with Crippen molar-refractivity contribution in [3.63, 3.8) is 0 Å². The second kappa shape index (κ2) is 7.24. The molecule has 0 unspecified atom stereocenters. The molecule has 1 heterocycles. The van der Waals surface area contributed by atoms with E-state index in [1.54, 1.807) is 19.1 Å². The predicted molar refractivity (Wildman–Crippen MR) is 94.4 cm³/mol. The molecule has 1 aliphatic heterocycles.